The molecule has 4 nitrogen and oxygen atoms in total. The van der Waals surface area contributed by atoms with E-state index in [1.807, 2.05) is 18.2 Å². The van der Waals surface area contributed by atoms with E-state index in [1.165, 1.54) is 16.7 Å². The maximum Gasteiger partial charge on any atom is 0.193 e. The van der Waals surface area contributed by atoms with Gasteiger partial charge < -0.3 is 16.0 Å². The Hall–Kier alpha value is -2.33. The van der Waals surface area contributed by atoms with Crippen LogP contribution in [0.4, 0.5) is 5.69 Å². The summed E-state index contributed by atoms with van der Waals surface area (Å²) in [5, 5.41) is 3.18. The van der Waals surface area contributed by atoms with Crippen LogP contribution in [0.3, 0.4) is 0 Å². The molecule has 0 aromatic heterocycles. The molecule has 0 aliphatic rings. The van der Waals surface area contributed by atoms with Crippen molar-refractivity contribution in [2.24, 2.45) is 10.7 Å². The van der Waals surface area contributed by atoms with E-state index in [2.05, 4.69) is 73.5 Å². The molecule has 0 heterocycles. The van der Waals surface area contributed by atoms with Gasteiger partial charge in [-0.2, -0.15) is 0 Å². The fourth-order valence-electron chi connectivity index (χ4n) is 2.54. The van der Waals surface area contributed by atoms with Gasteiger partial charge in [0.25, 0.3) is 0 Å². The van der Waals surface area contributed by atoms with Crippen molar-refractivity contribution in [3.05, 3.63) is 65.2 Å². The second-order valence-corrected chi connectivity index (χ2v) is 6.61. The Morgan fingerprint density at radius 3 is 2.46 bits per heavy atom. The van der Waals surface area contributed by atoms with Gasteiger partial charge in [0.1, 0.15) is 0 Å². The van der Waals surface area contributed by atoms with Crippen LogP contribution in [0.2, 0.25) is 0 Å². The van der Waals surface area contributed by atoms with Gasteiger partial charge in [-0.25, -0.2) is 4.99 Å². The van der Waals surface area contributed by atoms with E-state index in [0.717, 1.165) is 12.2 Å². The molecule has 4 heteroatoms. The van der Waals surface area contributed by atoms with Crippen LogP contribution in [0.15, 0.2) is 53.5 Å². The lowest BCUT2D eigenvalue weighted by Crippen LogP contribution is -2.22. The number of nitrogens with two attached hydrogens (primary N) is 1. The van der Waals surface area contributed by atoms with Crippen molar-refractivity contribution in [2.45, 2.75) is 32.9 Å². The van der Waals surface area contributed by atoms with Gasteiger partial charge >= 0.3 is 0 Å². The fraction of sp³-hybridized carbons (Fsp3) is 0.350. The summed E-state index contributed by atoms with van der Waals surface area (Å²) < 4.78 is 0. The Kier molecular flexibility index (Phi) is 6.38. The van der Waals surface area contributed by atoms with Crippen molar-refractivity contribution in [1.82, 2.24) is 4.90 Å². The van der Waals surface area contributed by atoms with Gasteiger partial charge in [0, 0.05) is 12.2 Å². The van der Waals surface area contributed by atoms with Crippen LogP contribution in [-0.2, 0) is 13.1 Å². The first-order chi connectivity index (χ1) is 11.5. The van der Waals surface area contributed by atoms with E-state index < -0.39 is 0 Å². The molecule has 2 aromatic carbocycles. The largest absolute Gasteiger partial charge is 0.370 e. The molecule has 0 aliphatic carbocycles. The Morgan fingerprint density at radius 2 is 1.79 bits per heavy atom. The molecule has 128 valence electrons. The van der Waals surface area contributed by atoms with Gasteiger partial charge in [0.2, 0.25) is 0 Å². The highest BCUT2D eigenvalue weighted by Gasteiger charge is 2.04. The summed E-state index contributed by atoms with van der Waals surface area (Å²) in [6.07, 6.45) is 0. The first-order valence-corrected chi connectivity index (χ1v) is 8.34. The lowest BCUT2D eigenvalue weighted by atomic mass is 10.0. The Morgan fingerprint density at radius 1 is 1.08 bits per heavy atom. The van der Waals surface area contributed by atoms with Crippen LogP contribution in [-0.4, -0.2) is 25.0 Å². The summed E-state index contributed by atoms with van der Waals surface area (Å²) in [6.45, 7) is 5.83. The number of nitrogens with one attached hydrogen (secondary N) is 1. The SMILES string of the molecule is CC(C)c1cccc(NC(N)=NCc2ccccc2CN(C)C)c1. The van der Waals surface area contributed by atoms with Crippen LogP contribution in [0.5, 0.6) is 0 Å². The molecule has 0 spiro atoms. The van der Waals surface area contributed by atoms with Gasteiger partial charge in [-0.05, 0) is 48.8 Å². The molecule has 3 N–H and O–H groups in total. The normalized spacial score (nSPS) is 12.0. The van der Waals surface area contributed by atoms with E-state index in [0.29, 0.717) is 18.4 Å². The molecule has 0 bridgehead atoms. The van der Waals surface area contributed by atoms with Gasteiger partial charge in [-0.3, -0.25) is 0 Å². The molecule has 0 saturated heterocycles. The minimum atomic E-state index is 0.440. The van der Waals surface area contributed by atoms with E-state index in [9.17, 15) is 0 Å². The molecule has 0 atom stereocenters. The minimum Gasteiger partial charge on any atom is -0.370 e. The maximum atomic E-state index is 6.06. The Labute approximate surface area is 145 Å². The summed E-state index contributed by atoms with van der Waals surface area (Å²) in [7, 11) is 4.13. The number of guanidine groups is 1. The highest BCUT2D eigenvalue weighted by molar-refractivity contribution is 5.92. The second-order valence-electron chi connectivity index (χ2n) is 6.61. The van der Waals surface area contributed by atoms with E-state index in [1.54, 1.807) is 0 Å². The van der Waals surface area contributed by atoms with Crippen LogP contribution in [0.25, 0.3) is 0 Å². The predicted molar refractivity (Wildman–Crippen MR) is 103 cm³/mol. The number of nitrogens with zero attached hydrogens (tertiary/aromatic N) is 2. The molecule has 0 unspecified atom stereocenters. The van der Waals surface area contributed by atoms with Crippen molar-refractivity contribution in [2.75, 3.05) is 19.4 Å². The van der Waals surface area contributed by atoms with Crippen LogP contribution < -0.4 is 11.1 Å². The van der Waals surface area contributed by atoms with Gasteiger partial charge in [0.05, 0.1) is 6.54 Å². The number of hydrogen-bond donors (Lipinski definition) is 2. The molecule has 24 heavy (non-hydrogen) atoms. The highest BCUT2D eigenvalue weighted by atomic mass is 15.1. The standard InChI is InChI=1S/C20H28N4/c1-15(2)16-10-7-11-19(12-16)23-20(21)22-13-17-8-5-6-9-18(17)14-24(3)4/h5-12,15H,13-14H2,1-4H3,(H3,21,22,23). The summed E-state index contributed by atoms with van der Waals surface area (Å²) in [5.74, 6) is 0.929. The molecule has 0 saturated carbocycles. The first-order valence-electron chi connectivity index (χ1n) is 8.34. The first kappa shape index (κ1) is 18.0. The zero-order valence-electron chi connectivity index (χ0n) is 15.1. The lowest BCUT2D eigenvalue weighted by Gasteiger charge is -2.13. The third-order valence-corrected chi connectivity index (χ3v) is 3.85. The van der Waals surface area contributed by atoms with Crippen molar-refractivity contribution < 1.29 is 0 Å². The summed E-state index contributed by atoms with van der Waals surface area (Å²) in [6, 6.07) is 16.6. The number of benzene rings is 2. The van der Waals surface area contributed by atoms with Crippen LogP contribution in [0.1, 0.15) is 36.5 Å². The third-order valence-electron chi connectivity index (χ3n) is 3.85. The average molecular weight is 324 g/mol. The monoisotopic (exact) mass is 324 g/mol. The molecule has 0 fully saturated rings. The number of rotatable bonds is 6. The van der Waals surface area contributed by atoms with Crippen molar-refractivity contribution in [3.8, 4) is 0 Å². The summed E-state index contributed by atoms with van der Waals surface area (Å²) >= 11 is 0. The number of hydrogen-bond acceptors (Lipinski definition) is 2. The van der Waals surface area contributed by atoms with Gasteiger partial charge in [-0.1, -0.05) is 50.2 Å². The Balaban J connectivity index is 2.06. The molecule has 0 amide bonds. The van der Waals surface area contributed by atoms with E-state index in [-0.39, 0.29) is 0 Å². The van der Waals surface area contributed by atoms with Crippen LogP contribution >= 0.6 is 0 Å². The van der Waals surface area contributed by atoms with E-state index in [4.69, 9.17) is 5.73 Å². The minimum absolute atomic E-state index is 0.440. The molecule has 2 aromatic rings. The summed E-state index contributed by atoms with van der Waals surface area (Å²) in [5.41, 5.74) is 10.8. The number of anilines is 1. The predicted octanol–water partition coefficient (Wildman–Crippen LogP) is 3.80. The fourth-order valence-corrected chi connectivity index (χ4v) is 2.54. The third kappa shape index (κ3) is 5.39. The topological polar surface area (TPSA) is 53.6 Å². The zero-order valence-corrected chi connectivity index (χ0v) is 15.1. The average Bonchev–Trinajstić information content (AvgIpc) is 2.53. The van der Waals surface area contributed by atoms with Crippen molar-refractivity contribution in [1.29, 1.82) is 0 Å². The van der Waals surface area contributed by atoms with Crippen molar-refractivity contribution >= 4 is 11.6 Å². The van der Waals surface area contributed by atoms with Crippen LogP contribution in [0, 0.1) is 0 Å². The zero-order chi connectivity index (χ0) is 17.5. The highest BCUT2D eigenvalue weighted by Crippen LogP contribution is 2.18. The summed E-state index contributed by atoms with van der Waals surface area (Å²) in [4.78, 5) is 6.65. The molecule has 2 rings (SSSR count). The van der Waals surface area contributed by atoms with Gasteiger partial charge in [-0.15, -0.1) is 0 Å². The quantitative estimate of drug-likeness (QED) is 0.628. The molecular formula is C20H28N4. The number of aliphatic imine (C=N–C) groups is 1. The molecular weight excluding hydrogens is 296 g/mol. The molecule has 0 radical (unpaired) electrons. The van der Waals surface area contributed by atoms with Gasteiger partial charge in [0.15, 0.2) is 5.96 Å². The smallest absolute Gasteiger partial charge is 0.193 e. The maximum absolute atomic E-state index is 6.06. The van der Waals surface area contributed by atoms with E-state index >= 15 is 0 Å². The Bertz CT molecular complexity index is 690. The second kappa shape index (κ2) is 8.50. The van der Waals surface area contributed by atoms with Crippen molar-refractivity contribution in [3.63, 3.8) is 0 Å². The molecule has 0 aliphatic heterocycles. The lowest BCUT2D eigenvalue weighted by molar-refractivity contribution is 0.401.